The van der Waals surface area contributed by atoms with Crippen molar-refractivity contribution in [1.29, 1.82) is 0 Å². The molecule has 1 aromatic heterocycles. The number of hydrogen-bond donors (Lipinski definition) is 2. The Morgan fingerprint density at radius 2 is 2.11 bits per heavy atom. The number of carbonyl (C=O) groups excluding carboxylic acids is 1. The molecule has 0 saturated heterocycles. The molecule has 3 atom stereocenters. The highest BCUT2D eigenvalue weighted by Gasteiger charge is 2.34. The Labute approximate surface area is 206 Å². The molecule has 0 spiro atoms. The predicted molar refractivity (Wildman–Crippen MR) is 131 cm³/mol. The molecule has 2 heterocycles. The van der Waals surface area contributed by atoms with E-state index in [9.17, 15) is 19.4 Å². The standard InChI is InChI=1S/C27H34FN3O4/c1-18-14-31(19(2)17-32)26(33)23-12-20(9-10-27(3,4)34)13-29-25(23)35-24(18)16-30(5)15-21-7-6-8-22(28)11-21/h6-8,11-13,18-19,24,32,34H,14-17H2,1-5H3/t18-,19+,24+/m0/s1. The first-order valence-corrected chi connectivity index (χ1v) is 11.7. The summed E-state index contributed by atoms with van der Waals surface area (Å²) in [7, 11) is 1.93. The number of ether oxygens (including phenoxy) is 1. The lowest BCUT2D eigenvalue weighted by Gasteiger charge is -2.37. The zero-order valence-corrected chi connectivity index (χ0v) is 21.0. The number of pyridine rings is 1. The normalized spacial score (nSPS) is 19.2. The van der Waals surface area contributed by atoms with Crippen LogP contribution in [0.4, 0.5) is 4.39 Å². The molecule has 1 amide bonds. The van der Waals surface area contributed by atoms with Crippen LogP contribution in [0.2, 0.25) is 0 Å². The second-order valence-electron chi connectivity index (χ2n) is 9.84. The highest BCUT2D eigenvalue weighted by molar-refractivity contribution is 5.97. The molecule has 2 aromatic rings. The number of rotatable bonds is 6. The van der Waals surface area contributed by atoms with Crippen LogP contribution in [0, 0.1) is 23.6 Å². The van der Waals surface area contributed by atoms with Crippen molar-refractivity contribution in [2.24, 2.45) is 5.92 Å². The van der Waals surface area contributed by atoms with Gasteiger partial charge < -0.3 is 19.8 Å². The first kappa shape index (κ1) is 26.6. The number of fused-ring (bicyclic) bond motifs is 1. The smallest absolute Gasteiger partial charge is 0.259 e. The zero-order valence-electron chi connectivity index (χ0n) is 21.0. The van der Waals surface area contributed by atoms with Crippen LogP contribution in [0.5, 0.6) is 5.88 Å². The van der Waals surface area contributed by atoms with E-state index in [1.165, 1.54) is 18.3 Å². The van der Waals surface area contributed by atoms with Gasteiger partial charge in [-0.05, 0) is 51.6 Å². The lowest BCUT2D eigenvalue weighted by atomic mass is 9.99. The highest BCUT2D eigenvalue weighted by atomic mass is 19.1. The average molecular weight is 484 g/mol. The number of amides is 1. The van der Waals surface area contributed by atoms with Gasteiger partial charge in [0.15, 0.2) is 0 Å². The maximum absolute atomic E-state index is 13.6. The summed E-state index contributed by atoms with van der Waals surface area (Å²) < 4.78 is 19.9. The first-order chi connectivity index (χ1) is 16.5. The van der Waals surface area contributed by atoms with Gasteiger partial charge in [0.2, 0.25) is 5.88 Å². The summed E-state index contributed by atoms with van der Waals surface area (Å²) in [6, 6.07) is 7.71. The van der Waals surface area contributed by atoms with E-state index in [4.69, 9.17) is 4.74 Å². The number of aliphatic hydroxyl groups is 2. The maximum atomic E-state index is 13.6. The number of aromatic nitrogens is 1. The van der Waals surface area contributed by atoms with E-state index >= 15 is 0 Å². The number of halogens is 1. The largest absolute Gasteiger partial charge is 0.472 e. The van der Waals surface area contributed by atoms with Gasteiger partial charge in [-0.1, -0.05) is 30.9 Å². The lowest BCUT2D eigenvalue weighted by Crippen LogP contribution is -2.49. The molecule has 0 fully saturated rings. The summed E-state index contributed by atoms with van der Waals surface area (Å²) >= 11 is 0. The Hall–Kier alpha value is -2.99. The third kappa shape index (κ3) is 7.25. The number of hydrogen-bond acceptors (Lipinski definition) is 6. The minimum Gasteiger partial charge on any atom is -0.472 e. The van der Waals surface area contributed by atoms with Gasteiger partial charge >= 0.3 is 0 Å². The van der Waals surface area contributed by atoms with Crippen molar-refractivity contribution in [2.75, 3.05) is 26.7 Å². The molecule has 1 aromatic carbocycles. The minimum absolute atomic E-state index is 0.0625. The maximum Gasteiger partial charge on any atom is 0.259 e. The molecule has 2 N–H and O–H groups in total. The van der Waals surface area contributed by atoms with Crippen molar-refractivity contribution in [3.63, 3.8) is 0 Å². The molecule has 0 bridgehead atoms. The molecule has 7 nitrogen and oxygen atoms in total. The third-order valence-corrected chi connectivity index (χ3v) is 5.87. The monoisotopic (exact) mass is 483 g/mol. The van der Waals surface area contributed by atoms with Gasteiger partial charge in [-0.25, -0.2) is 9.37 Å². The molecular formula is C27H34FN3O4. The summed E-state index contributed by atoms with van der Waals surface area (Å²) in [5, 5.41) is 19.7. The van der Waals surface area contributed by atoms with Gasteiger partial charge in [-0.2, -0.15) is 0 Å². The number of aliphatic hydroxyl groups excluding tert-OH is 1. The van der Waals surface area contributed by atoms with Crippen molar-refractivity contribution >= 4 is 5.91 Å². The zero-order chi connectivity index (χ0) is 25.8. The van der Waals surface area contributed by atoms with Gasteiger partial charge in [0.05, 0.1) is 12.6 Å². The van der Waals surface area contributed by atoms with E-state index in [2.05, 4.69) is 16.8 Å². The van der Waals surface area contributed by atoms with E-state index in [1.807, 2.05) is 24.9 Å². The molecular weight excluding hydrogens is 449 g/mol. The number of benzene rings is 1. The topological polar surface area (TPSA) is 86.1 Å². The van der Waals surface area contributed by atoms with Crippen LogP contribution in [-0.2, 0) is 6.54 Å². The third-order valence-electron chi connectivity index (χ3n) is 5.87. The molecule has 0 unspecified atom stereocenters. The van der Waals surface area contributed by atoms with Crippen molar-refractivity contribution in [1.82, 2.24) is 14.8 Å². The number of carbonyl (C=O) groups is 1. The minimum atomic E-state index is -1.19. The average Bonchev–Trinajstić information content (AvgIpc) is 2.79. The lowest BCUT2D eigenvalue weighted by molar-refractivity contribution is 0.0325. The second kappa shape index (κ2) is 11.2. The Kier molecular flexibility index (Phi) is 8.49. The van der Waals surface area contributed by atoms with Crippen LogP contribution in [0.15, 0.2) is 36.5 Å². The molecule has 188 valence electrons. The quantitative estimate of drug-likeness (QED) is 0.615. The summed E-state index contributed by atoms with van der Waals surface area (Å²) in [5.74, 6) is 5.16. The molecule has 0 saturated carbocycles. The fourth-order valence-corrected chi connectivity index (χ4v) is 3.93. The van der Waals surface area contributed by atoms with Crippen LogP contribution in [0.3, 0.4) is 0 Å². The van der Waals surface area contributed by atoms with Crippen molar-refractivity contribution < 1.29 is 24.1 Å². The van der Waals surface area contributed by atoms with Gasteiger partial charge in [0.1, 0.15) is 23.1 Å². The Morgan fingerprint density at radius 3 is 2.77 bits per heavy atom. The number of nitrogens with zero attached hydrogens (tertiary/aromatic N) is 3. The predicted octanol–water partition coefficient (Wildman–Crippen LogP) is 2.70. The fraction of sp³-hybridized carbons (Fsp3) is 0.481. The van der Waals surface area contributed by atoms with E-state index in [1.54, 1.807) is 37.8 Å². The molecule has 35 heavy (non-hydrogen) atoms. The van der Waals surface area contributed by atoms with Crippen molar-refractivity contribution in [3.05, 3.63) is 59.0 Å². The summed E-state index contributed by atoms with van der Waals surface area (Å²) in [4.78, 5) is 21.5. The molecule has 3 rings (SSSR count). The van der Waals surface area contributed by atoms with Crippen LogP contribution in [-0.4, -0.2) is 75.4 Å². The van der Waals surface area contributed by atoms with Gasteiger partial charge in [0.25, 0.3) is 5.91 Å². The molecule has 8 heteroatoms. The van der Waals surface area contributed by atoms with E-state index < -0.39 is 11.6 Å². The summed E-state index contributed by atoms with van der Waals surface area (Å²) in [6.45, 7) is 8.21. The van der Waals surface area contributed by atoms with Crippen LogP contribution in [0.25, 0.3) is 0 Å². The van der Waals surface area contributed by atoms with E-state index in [0.29, 0.717) is 25.2 Å². The molecule has 1 aliphatic heterocycles. The fourth-order valence-electron chi connectivity index (χ4n) is 3.93. The summed E-state index contributed by atoms with van der Waals surface area (Å²) in [6.07, 6.45) is 1.21. The van der Waals surface area contributed by atoms with Crippen LogP contribution < -0.4 is 4.74 Å². The number of likely N-dealkylation sites (N-methyl/N-ethyl adjacent to an activating group) is 1. The second-order valence-corrected chi connectivity index (χ2v) is 9.84. The van der Waals surface area contributed by atoms with E-state index in [-0.39, 0.29) is 41.8 Å². The Morgan fingerprint density at radius 1 is 1.37 bits per heavy atom. The summed E-state index contributed by atoms with van der Waals surface area (Å²) in [5.41, 5.74) is 0.408. The Balaban J connectivity index is 1.92. The SMILES string of the molecule is C[C@H](CO)N1C[C@H](C)[C@@H](CN(C)Cc2cccc(F)c2)Oc2ncc(C#CC(C)(C)O)cc2C1=O. The van der Waals surface area contributed by atoms with Crippen molar-refractivity contribution in [2.45, 2.75) is 52.0 Å². The first-order valence-electron chi connectivity index (χ1n) is 11.7. The van der Waals surface area contributed by atoms with E-state index in [0.717, 1.165) is 5.56 Å². The van der Waals surface area contributed by atoms with Crippen LogP contribution in [0.1, 0.15) is 49.2 Å². The molecule has 1 aliphatic rings. The van der Waals surface area contributed by atoms with Crippen molar-refractivity contribution in [3.8, 4) is 17.7 Å². The molecule has 0 aliphatic carbocycles. The highest BCUT2D eigenvalue weighted by Crippen LogP contribution is 2.27. The van der Waals surface area contributed by atoms with Gasteiger partial charge in [0, 0.05) is 37.3 Å². The Bertz CT molecular complexity index is 1110. The van der Waals surface area contributed by atoms with Crippen LogP contribution >= 0.6 is 0 Å². The van der Waals surface area contributed by atoms with Gasteiger partial charge in [-0.15, -0.1) is 0 Å². The van der Waals surface area contributed by atoms with Gasteiger partial charge in [-0.3, -0.25) is 9.69 Å². The molecule has 0 radical (unpaired) electrons.